The molecule has 0 aliphatic heterocycles. The van der Waals surface area contributed by atoms with Gasteiger partial charge in [0.15, 0.2) is 0 Å². The van der Waals surface area contributed by atoms with Gasteiger partial charge >= 0.3 is 6.18 Å². The average molecular weight is 460 g/mol. The number of rotatable bonds is 4. The molecule has 2 N–H and O–H groups in total. The zero-order chi connectivity index (χ0) is 20.4. The quantitative estimate of drug-likeness (QED) is 0.421. The number of alkyl halides is 6. The molecule has 146 valence electrons. The molecule has 0 radical (unpaired) electrons. The van der Waals surface area contributed by atoms with E-state index in [1.807, 2.05) is 13.0 Å². The molecular weight excluding hydrogens is 447 g/mol. The number of halogens is 7. The Bertz CT molecular complexity index is 838. The van der Waals surface area contributed by atoms with Crippen LogP contribution in [0.2, 0.25) is 5.02 Å². The Morgan fingerprint density at radius 1 is 1.07 bits per heavy atom. The largest absolute Gasteiger partial charge is 0.416 e. The van der Waals surface area contributed by atoms with E-state index in [-0.39, 0.29) is 10.7 Å². The zero-order valence-corrected chi connectivity index (χ0v) is 16.7. The van der Waals surface area contributed by atoms with Crippen molar-refractivity contribution in [2.45, 2.75) is 23.1 Å². The highest BCUT2D eigenvalue weighted by atomic mass is 35.6. The van der Waals surface area contributed by atoms with Gasteiger partial charge in [-0.2, -0.15) is 13.2 Å². The van der Waals surface area contributed by atoms with Crippen LogP contribution in [0.15, 0.2) is 42.5 Å². The first kappa shape index (κ1) is 22.0. The number of hydrogen-bond acceptors (Lipinski definition) is 2. The molecule has 0 saturated heterocycles. The molecule has 0 aromatic heterocycles. The molecule has 3 nitrogen and oxygen atoms in total. The van der Waals surface area contributed by atoms with Gasteiger partial charge in [0.05, 0.1) is 16.3 Å². The van der Waals surface area contributed by atoms with E-state index in [1.54, 1.807) is 18.2 Å². The normalized spacial score (nSPS) is 13.2. The van der Waals surface area contributed by atoms with Crippen LogP contribution in [-0.4, -0.2) is 15.9 Å². The first-order valence-electron chi connectivity index (χ1n) is 7.45. The van der Waals surface area contributed by atoms with Gasteiger partial charge in [0.1, 0.15) is 6.17 Å². The van der Waals surface area contributed by atoms with E-state index in [0.717, 1.165) is 23.8 Å². The van der Waals surface area contributed by atoms with Gasteiger partial charge < -0.3 is 10.6 Å². The van der Waals surface area contributed by atoms with Crippen molar-refractivity contribution in [1.82, 2.24) is 5.32 Å². The van der Waals surface area contributed by atoms with Gasteiger partial charge in [-0.25, -0.2) is 0 Å². The van der Waals surface area contributed by atoms with E-state index >= 15 is 0 Å². The minimum atomic E-state index is -4.55. The van der Waals surface area contributed by atoms with Crippen molar-refractivity contribution in [2.24, 2.45) is 0 Å². The number of nitrogens with one attached hydrogen (secondary N) is 2. The standard InChI is InChI=1S/C17H13Cl4F3N2O/c1-9-3-2-4-10(7-9)14(27)26-15(16(19,20)21)25-13-6-5-11(8-12(13)18)17(22,23)24/h2-8,15,25H,1H3,(H,26,27)/t15-/m0/s1. The molecular formula is C17H13Cl4F3N2O. The van der Waals surface area contributed by atoms with Crippen LogP contribution >= 0.6 is 46.4 Å². The van der Waals surface area contributed by atoms with Gasteiger partial charge in [-0.1, -0.05) is 64.1 Å². The lowest BCUT2D eigenvalue weighted by Crippen LogP contribution is -2.49. The molecule has 2 aromatic carbocycles. The second-order valence-electron chi connectivity index (χ2n) is 5.65. The molecule has 1 atom stereocenters. The molecule has 10 heteroatoms. The highest BCUT2D eigenvalue weighted by Crippen LogP contribution is 2.36. The van der Waals surface area contributed by atoms with Crippen molar-refractivity contribution in [2.75, 3.05) is 5.32 Å². The van der Waals surface area contributed by atoms with E-state index in [9.17, 15) is 18.0 Å². The van der Waals surface area contributed by atoms with Gasteiger partial charge in [-0.15, -0.1) is 0 Å². The molecule has 0 unspecified atom stereocenters. The maximum Gasteiger partial charge on any atom is 0.416 e. The summed E-state index contributed by atoms with van der Waals surface area (Å²) in [7, 11) is 0. The predicted octanol–water partition coefficient (Wildman–Crippen LogP) is 6.21. The number of anilines is 1. The van der Waals surface area contributed by atoms with Crippen LogP contribution in [0.1, 0.15) is 21.5 Å². The average Bonchev–Trinajstić information content (AvgIpc) is 2.53. The van der Waals surface area contributed by atoms with Gasteiger partial charge in [0.25, 0.3) is 5.91 Å². The summed E-state index contributed by atoms with van der Waals surface area (Å²) in [5.41, 5.74) is 0.319. The molecule has 1 amide bonds. The van der Waals surface area contributed by atoms with E-state index in [1.165, 1.54) is 0 Å². The van der Waals surface area contributed by atoms with Crippen LogP contribution < -0.4 is 10.6 Å². The minimum absolute atomic E-state index is 0.0607. The van der Waals surface area contributed by atoms with Crippen LogP contribution in [0.5, 0.6) is 0 Å². The molecule has 27 heavy (non-hydrogen) atoms. The van der Waals surface area contributed by atoms with Gasteiger partial charge in [-0.3, -0.25) is 4.79 Å². The van der Waals surface area contributed by atoms with E-state index in [4.69, 9.17) is 46.4 Å². The van der Waals surface area contributed by atoms with Gasteiger partial charge in [0, 0.05) is 5.56 Å². The van der Waals surface area contributed by atoms with Crippen LogP contribution in [-0.2, 0) is 6.18 Å². The summed E-state index contributed by atoms with van der Waals surface area (Å²) in [5.74, 6) is -0.537. The van der Waals surface area contributed by atoms with Crippen molar-refractivity contribution in [1.29, 1.82) is 0 Å². The Morgan fingerprint density at radius 3 is 2.26 bits per heavy atom. The summed E-state index contributed by atoms with van der Waals surface area (Å²) >= 11 is 23.6. The number of benzene rings is 2. The van der Waals surface area contributed by atoms with E-state index in [0.29, 0.717) is 5.56 Å². The third-order valence-corrected chi connectivity index (χ3v) is 4.45. The zero-order valence-electron chi connectivity index (χ0n) is 13.7. The predicted molar refractivity (Wildman–Crippen MR) is 103 cm³/mol. The first-order chi connectivity index (χ1) is 12.4. The maximum atomic E-state index is 12.7. The smallest absolute Gasteiger partial charge is 0.361 e. The maximum absolute atomic E-state index is 12.7. The summed E-state index contributed by atoms with van der Waals surface area (Å²) in [4.78, 5) is 12.4. The van der Waals surface area contributed by atoms with Crippen molar-refractivity contribution < 1.29 is 18.0 Å². The lowest BCUT2D eigenvalue weighted by atomic mass is 10.1. The van der Waals surface area contributed by atoms with Crippen LogP contribution in [0.4, 0.5) is 18.9 Å². The third-order valence-electron chi connectivity index (χ3n) is 3.48. The summed E-state index contributed by atoms with van der Waals surface area (Å²) in [6.07, 6.45) is -5.80. The lowest BCUT2D eigenvalue weighted by molar-refractivity contribution is -0.137. The Hall–Kier alpha value is -1.34. The fourth-order valence-electron chi connectivity index (χ4n) is 2.16. The highest BCUT2D eigenvalue weighted by Gasteiger charge is 2.35. The van der Waals surface area contributed by atoms with Crippen molar-refractivity contribution in [3.8, 4) is 0 Å². The molecule has 0 bridgehead atoms. The van der Waals surface area contributed by atoms with Gasteiger partial charge in [-0.05, 0) is 37.3 Å². The Balaban J connectivity index is 2.24. The minimum Gasteiger partial charge on any atom is -0.361 e. The van der Waals surface area contributed by atoms with Crippen molar-refractivity contribution in [3.63, 3.8) is 0 Å². The highest BCUT2D eigenvalue weighted by molar-refractivity contribution is 6.68. The van der Waals surface area contributed by atoms with Gasteiger partial charge in [0.2, 0.25) is 3.79 Å². The molecule has 0 heterocycles. The van der Waals surface area contributed by atoms with Crippen molar-refractivity contribution >= 4 is 58.0 Å². The number of aryl methyl sites for hydroxylation is 1. The number of hydrogen-bond donors (Lipinski definition) is 2. The second-order valence-corrected chi connectivity index (χ2v) is 8.43. The summed E-state index contributed by atoms with van der Waals surface area (Å²) in [5, 5.41) is 4.91. The van der Waals surface area contributed by atoms with E-state index in [2.05, 4.69) is 10.6 Å². The first-order valence-corrected chi connectivity index (χ1v) is 8.96. The van der Waals surface area contributed by atoms with Crippen LogP contribution in [0.3, 0.4) is 0 Å². The van der Waals surface area contributed by atoms with E-state index < -0.39 is 27.6 Å². The monoisotopic (exact) mass is 458 g/mol. The lowest BCUT2D eigenvalue weighted by Gasteiger charge is -2.28. The fraction of sp³-hybridized carbons (Fsp3) is 0.235. The topological polar surface area (TPSA) is 41.1 Å². The fourth-order valence-corrected chi connectivity index (χ4v) is 2.73. The molecule has 2 aromatic rings. The Labute approximate surface area is 173 Å². The molecule has 0 spiro atoms. The summed E-state index contributed by atoms with van der Waals surface area (Å²) in [6, 6.07) is 9.36. The Kier molecular flexibility index (Phi) is 6.79. The number of carbonyl (C=O) groups excluding carboxylic acids is 1. The molecule has 0 fully saturated rings. The third kappa shape index (κ3) is 6.07. The summed E-state index contributed by atoms with van der Waals surface area (Å²) < 4.78 is 36.2. The molecule has 0 aliphatic rings. The molecule has 0 saturated carbocycles. The molecule has 0 aliphatic carbocycles. The van der Waals surface area contributed by atoms with Crippen molar-refractivity contribution in [3.05, 3.63) is 64.2 Å². The Morgan fingerprint density at radius 2 is 1.74 bits per heavy atom. The molecule has 2 rings (SSSR count). The van der Waals surface area contributed by atoms with Crippen LogP contribution in [0, 0.1) is 6.92 Å². The SMILES string of the molecule is Cc1cccc(C(=O)N[C@H](Nc2ccc(C(F)(F)F)cc2Cl)C(Cl)(Cl)Cl)c1. The number of amides is 1. The summed E-state index contributed by atoms with van der Waals surface area (Å²) in [6.45, 7) is 1.81. The van der Waals surface area contributed by atoms with Crippen LogP contribution in [0.25, 0.3) is 0 Å². The number of carbonyl (C=O) groups is 1. The second kappa shape index (κ2) is 8.35.